The van der Waals surface area contributed by atoms with E-state index in [1.54, 1.807) is 18.3 Å². The number of aryl methyl sites for hydroxylation is 2. The van der Waals surface area contributed by atoms with E-state index in [1.165, 1.54) is 24.0 Å². The third-order valence-corrected chi connectivity index (χ3v) is 5.76. The number of aliphatic hydroxyl groups is 1. The highest BCUT2D eigenvalue weighted by atomic mass is 16.5. The van der Waals surface area contributed by atoms with Crippen molar-refractivity contribution in [1.29, 1.82) is 0 Å². The first-order chi connectivity index (χ1) is 15.0. The van der Waals surface area contributed by atoms with Gasteiger partial charge in [0.2, 0.25) is 0 Å². The summed E-state index contributed by atoms with van der Waals surface area (Å²) in [7, 11) is 0. The maximum absolute atomic E-state index is 13.1. The summed E-state index contributed by atoms with van der Waals surface area (Å²) >= 11 is 0. The molecule has 2 N–H and O–H groups in total. The van der Waals surface area contributed by atoms with Crippen molar-refractivity contribution in [3.05, 3.63) is 82.5 Å². The molecule has 1 fully saturated rings. The molecule has 0 aliphatic heterocycles. The van der Waals surface area contributed by atoms with Crippen molar-refractivity contribution in [3.8, 4) is 17.0 Å². The average Bonchev–Trinajstić information content (AvgIpc) is 3.62. The molecule has 3 aromatic rings. The molecule has 1 aliphatic carbocycles. The lowest BCUT2D eigenvalue weighted by atomic mass is 10.0. The number of hydrogen-bond donors (Lipinski definition) is 2. The summed E-state index contributed by atoms with van der Waals surface area (Å²) in [6, 6.07) is 15.3. The van der Waals surface area contributed by atoms with Gasteiger partial charge in [-0.25, -0.2) is 0 Å². The topological polar surface area (TPSA) is 71.5 Å². The number of amides is 1. The zero-order chi connectivity index (χ0) is 21.8. The number of aromatic nitrogens is 1. The Kier molecular flexibility index (Phi) is 6.33. The summed E-state index contributed by atoms with van der Waals surface area (Å²) in [5, 5.41) is 12.7. The van der Waals surface area contributed by atoms with E-state index >= 15 is 0 Å². The number of carbonyl (C=O) groups is 1. The van der Waals surface area contributed by atoms with E-state index in [-0.39, 0.29) is 12.5 Å². The van der Waals surface area contributed by atoms with Crippen molar-refractivity contribution in [2.45, 2.75) is 39.8 Å². The Morgan fingerprint density at radius 1 is 1.13 bits per heavy atom. The molecule has 0 unspecified atom stereocenters. The Bertz CT molecular complexity index is 1090. The third-order valence-electron chi connectivity index (χ3n) is 5.76. The Morgan fingerprint density at radius 3 is 2.71 bits per heavy atom. The van der Waals surface area contributed by atoms with Gasteiger partial charge in [-0.05, 0) is 73.6 Å². The number of rotatable bonds is 8. The van der Waals surface area contributed by atoms with Crippen molar-refractivity contribution < 1.29 is 14.6 Å². The minimum absolute atomic E-state index is 0.114. The summed E-state index contributed by atoms with van der Waals surface area (Å²) < 4.78 is 5.99. The number of hydrogen-bond acceptors (Lipinski definition) is 4. The molecule has 0 atom stereocenters. The lowest BCUT2D eigenvalue weighted by Crippen LogP contribution is -2.24. The van der Waals surface area contributed by atoms with Gasteiger partial charge in [0.15, 0.2) is 0 Å². The van der Waals surface area contributed by atoms with E-state index in [0.29, 0.717) is 36.1 Å². The highest BCUT2D eigenvalue weighted by Gasteiger charge is 2.23. The van der Waals surface area contributed by atoms with E-state index in [2.05, 4.69) is 36.3 Å². The SMILES string of the molecule is Cc1ccc(CNC(=O)c2cc(-c3ncccc3CO)ccc2OCC2CC2)cc1C. The molecule has 31 heavy (non-hydrogen) atoms. The lowest BCUT2D eigenvalue weighted by molar-refractivity contribution is 0.0946. The quantitative estimate of drug-likeness (QED) is 0.564. The summed E-state index contributed by atoms with van der Waals surface area (Å²) in [6.07, 6.45) is 4.05. The summed E-state index contributed by atoms with van der Waals surface area (Å²) in [5.74, 6) is 0.977. The van der Waals surface area contributed by atoms with Crippen molar-refractivity contribution in [1.82, 2.24) is 10.3 Å². The highest BCUT2D eigenvalue weighted by Crippen LogP contribution is 2.32. The number of nitrogens with one attached hydrogen (secondary N) is 1. The number of pyridine rings is 1. The molecule has 0 bridgehead atoms. The molecule has 2 aromatic carbocycles. The predicted molar refractivity (Wildman–Crippen MR) is 121 cm³/mol. The van der Waals surface area contributed by atoms with Crippen LogP contribution in [0.15, 0.2) is 54.7 Å². The van der Waals surface area contributed by atoms with Crippen LogP contribution >= 0.6 is 0 Å². The highest BCUT2D eigenvalue weighted by molar-refractivity contribution is 5.98. The van der Waals surface area contributed by atoms with Crippen molar-refractivity contribution in [3.63, 3.8) is 0 Å². The van der Waals surface area contributed by atoms with Crippen LogP contribution in [0, 0.1) is 19.8 Å². The second kappa shape index (κ2) is 9.31. The van der Waals surface area contributed by atoms with Crippen molar-refractivity contribution >= 4 is 5.91 Å². The standard InChI is InChI=1S/C26H28N2O3/c1-17-5-6-20(12-18(17)2)14-28-26(30)23-13-21(25-22(15-29)4-3-11-27-25)9-10-24(23)31-16-19-7-8-19/h3-6,9-13,19,29H,7-8,14-16H2,1-2H3,(H,28,30). The summed E-state index contributed by atoms with van der Waals surface area (Å²) in [6.45, 7) is 5.10. The molecule has 5 nitrogen and oxygen atoms in total. The fourth-order valence-electron chi connectivity index (χ4n) is 3.49. The Morgan fingerprint density at radius 2 is 1.97 bits per heavy atom. The van der Waals surface area contributed by atoms with E-state index in [1.807, 2.05) is 24.3 Å². The van der Waals surface area contributed by atoms with Crippen LogP contribution < -0.4 is 10.1 Å². The molecule has 1 aliphatic rings. The van der Waals surface area contributed by atoms with Gasteiger partial charge in [-0.15, -0.1) is 0 Å². The fraction of sp³-hybridized carbons (Fsp3) is 0.308. The number of ether oxygens (including phenoxy) is 1. The molecule has 1 saturated carbocycles. The average molecular weight is 417 g/mol. The van der Waals surface area contributed by atoms with Crippen LogP contribution in [0.1, 0.15) is 45.5 Å². The van der Waals surface area contributed by atoms with Gasteiger partial charge in [-0.1, -0.05) is 24.3 Å². The number of benzene rings is 2. The molecule has 4 rings (SSSR count). The van der Waals surface area contributed by atoms with Gasteiger partial charge in [-0.2, -0.15) is 0 Å². The van der Waals surface area contributed by atoms with Crippen LogP contribution in [0.4, 0.5) is 0 Å². The van der Waals surface area contributed by atoms with E-state index in [4.69, 9.17) is 4.74 Å². The van der Waals surface area contributed by atoms with Gasteiger partial charge in [-0.3, -0.25) is 9.78 Å². The molecule has 0 radical (unpaired) electrons. The molecule has 160 valence electrons. The number of nitrogens with zero attached hydrogens (tertiary/aromatic N) is 1. The molecule has 0 saturated heterocycles. The second-order valence-corrected chi connectivity index (χ2v) is 8.24. The van der Waals surface area contributed by atoms with E-state index in [0.717, 1.165) is 16.7 Å². The summed E-state index contributed by atoms with van der Waals surface area (Å²) in [5.41, 5.74) is 6.14. The van der Waals surface area contributed by atoms with Gasteiger partial charge in [0.25, 0.3) is 5.91 Å². The number of carbonyl (C=O) groups excluding carboxylic acids is 1. The van der Waals surface area contributed by atoms with Gasteiger partial charge in [0, 0.05) is 23.9 Å². The summed E-state index contributed by atoms with van der Waals surface area (Å²) in [4.78, 5) is 17.5. The van der Waals surface area contributed by atoms with Crippen LogP contribution in [-0.4, -0.2) is 22.6 Å². The van der Waals surface area contributed by atoms with Gasteiger partial charge < -0.3 is 15.2 Å². The van der Waals surface area contributed by atoms with Crippen LogP contribution in [0.25, 0.3) is 11.3 Å². The second-order valence-electron chi connectivity index (χ2n) is 8.24. The molecule has 5 heteroatoms. The largest absolute Gasteiger partial charge is 0.492 e. The first kappa shape index (κ1) is 21.1. The first-order valence-corrected chi connectivity index (χ1v) is 10.7. The number of aliphatic hydroxyl groups excluding tert-OH is 1. The zero-order valence-electron chi connectivity index (χ0n) is 18.0. The molecule has 1 aromatic heterocycles. The van der Waals surface area contributed by atoms with Crippen LogP contribution in [0.5, 0.6) is 5.75 Å². The smallest absolute Gasteiger partial charge is 0.255 e. The normalized spacial score (nSPS) is 13.1. The van der Waals surface area contributed by atoms with Crippen LogP contribution in [-0.2, 0) is 13.2 Å². The van der Waals surface area contributed by atoms with Crippen LogP contribution in [0.2, 0.25) is 0 Å². The van der Waals surface area contributed by atoms with Crippen molar-refractivity contribution in [2.24, 2.45) is 5.92 Å². The lowest BCUT2D eigenvalue weighted by Gasteiger charge is -2.14. The van der Waals surface area contributed by atoms with Crippen molar-refractivity contribution in [2.75, 3.05) is 6.61 Å². The first-order valence-electron chi connectivity index (χ1n) is 10.7. The maximum atomic E-state index is 13.1. The fourth-order valence-corrected chi connectivity index (χ4v) is 3.49. The molecular weight excluding hydrogens is 388 g/mol. The molecule has 0 spiro atoms. The van der Waals surface area contributed by atoms with Gasteiger partial charge >= 0.3 is 0 Å². The Balaban J connectivity index is 1.60. The van der Waals surface area contributed by atoms with Gasteiger partial charge in [0.1, 0.15) is 5.75 Å². The minimum atomic E-state index is -0.188. The molecule has 1 heterocycles. The third kappa shape index (κ3) is 5.12. The minimum Gasteiger partial charge on any atom is -0.492 e. The Labute approximate surface area is 183 Å². The van der Waals surface area contributed by atoms with E-state index in [9.17, 15) is 9.90 Å². The Hall–Kier alpha value is -3.18. The molecular formula is C26H28N2O3. The predicted octanol–water partition coefficient (Wildman–Crippen LogP) is 4.58. The maximum Gasteiger partial charge on any atom is 0.255 e. The molecule has 1 amide bonds. The zero-order valence-corrected chi connectivity index (χ0v) is 18.0. The van der Waals surface area contributed by atoms with Gasteiger partial charge in [0.05, 0.1) is 24.5 Å². The van der Waals surface area contributed by atoms with Crippen LogP contribution in [0.3, 0.4) is 0 Å². The van der Waals surface area contributed by atoms with E-state index < -0.39 is 0 Å². The monoisotopic (exact) mass is 416 g/mol.